The van der Waals surface area contributed by atoms with Crippen molar-refractivity contribution < 1.29 is 9.59 Å². The minimum absolute atomic E-state index is 0.0958. The number of hydrogen-bond donors (Lipinski definition) is 1. The van der Waals surface area contributed by atoms with Gasteiger partial charge in [0.05, 0.1) is 17.4 Å². The van der Waals surface area contributed by atoms with E-state index in [2.05, 4.69) is 26.3 Å². The van der Waals surface area contributed by atoms with E-state index < -0.39 is 0 Å². The molecule has 1 saturated heterocycles. The third-order valence-corrected chi connectivity index (χ3v) is 5.94. The summed E-state index contributed by atoms with van der Waals surface area (Å²) >= 11 is 3.42. The summed E-state index contributed by atoms with van der Waals surface area (Å²) in [6.07, 6.45) is 5.82. The zero-order valence-corrected chi connectivity index (χ0v) is 18.1. The largest absolute Gasteiger partial charge is 0.338 e. The Morgan fingerprint density at radius 2 is 1.53 bits per heavy atom. The van der Waals surface area contributed by atoms with Crippen molar-refractivity contribution in [3.63, 3.8) is 0 Å². The fourth-order valence-electron chi connectivity index (χ4n) is 3.65. The minimum Gasteiger partial charge on any atom is -0.338 e. The predicted octanol–water partition coefficient (Wildman–Crippen LogP) is 4.90. The van der Waals surface area contributed by atoms with Crippen LogP contribution in [0, 0.1) is 0 Å². The average molecular weight is 467 g/mol. The normalized spacial score (nSPS) is 14.2. The first-order valence-electron chi connectivity index (χ1n) is 10.1. The van der Waals surface area contributed by atoms with E-state index in [1.54, 1.807) is 23.0 Å². The Bertz CT molecular complexity index is 1040. The van der Waals surface area contributed by atoms with Crippen molar-refractivity contribution >= 4 is 33.6 Å². The quantitative estimate of drug-likeness (QED) is 0.594. The van der Waals surface area contributed by atoms with Crippen LogP contribution >= 0.6 is 15.9 Å². The zero-order valence-electron chi connectivity index (χ0n) is 16.6. The van der Waals surface area contributed by atoms with Gasteiger partial charge in [0.25, 0.3) is 11.8 Å². The van der Waals surface area contributed by atoms with Crippen LogP contribution in [0.2, 0.25) is 0 Å². The molecule has 3 aromatic rings. The van der Waals surface area contributed by atoms with Crippen molar-refractivity contribution in [1.29, 1.82) is 0 Å². The van der Waals surface area contributed by atoms with Gasteiger partial charge in [-0.15, -0.1) is 0 Å². The molecule has 6 nitrogen and oxygen atoms in total. The Hall–Kier alpha value is -2.93. The fourth-order valence-corrected chi connectivity index (χ4v) is 4.12. The van der Waals surface area contributed by atoms with E-state index in [1.807, 2.05) is 47.4 Å². The summed E-state index contributed by atoms with van der Waals surface area (Å²) in [7, 11) is 0. The molecule has 2 amide bonds. The molecule has 4 rings (SSSR count). The van der Waals surface area contributed by atoms with E-state index in [-0.39, 0.29) is 11.8 Å². The first-order chi connectivity index (χ1) is 14.6. The van der Waals surface area contributed by atoms with Gasteiger partial charge in [0.1, 0.15) is 11.4 Å². The van der Waals surface area contributed by atoms with Crippen LogP contribution in [0.25, 0.3) is 5.69 Å². The molecule has 0 atom stereocenters. The van der Waals surface area contributed by atoms with Crippen molar-refractivity contribution in [1.82, 2.24) is 14.7 Å². The lowest BCUT2D eigenvalue weighted by molar-refractivity contribution is 0.0762. The number of nitrogens with zero attached hydrogens (tertiary/aromatic N) is 3. The van der Waals surface area contributed by atoms with E-state index in [0.29, 0.717) is 21.4 Å². The second kappa shape index (κ2) is 9.26. The molecule has 1 aliphatic rings. The molecule has 0 unspecified atom stereocenters. The summed E-state index contributed by atoms with van der Waals surface area (Å²) in [5, 5.41) is 7.37. The maximum atomic E-state index is 13.3. The second-order valence-electron chi connectivity index (χ2n) is 7.29. The van der Waals surface area contributed by atoms with Crippen molar-refractivity contribution in [2.45, 2.75) is 25.7 Å². The van der Waals surface area contributed by atoms with E-state index in [9.17, 15) is 9.59 Å². The summed E-state index contributed by atoms with van der Waals surface area (Å²) in [4.78, 5) is 28.2. The lowest BCUT2D eigenvalue weighted by atomic mass is 10.2. The van der Waals surface area contributed by atoms with Crippen LogP contribution < -0.4 is 5.32 Å². The molecule has 2 aromatic carbocycles. The Labute approximate surface area is 184 Å². The molecule has 1 aromatic heterocycles. The SMILES string of the molecule is O=C(Nc1c(C(=O)N2CCCCCC2)cnn1-c1ccccc1)c1ccccc1Br. The summed E-state index contributed by atoms with van der Waals surface area (Å²) in [5.41, 5.74) is 1.67. The average Bonchev–Trinajstić information content (AvgIpc) is 2.98. The van der Waals surface area contributed by atoms with E-state index in [0.717, 1.165) is 44.5 Å². The van der Waals surface area contributed by atoms with Crippen molar-refractivity contribution in [2.75, 3.05) is 18.4 Å². The van der Waals surface area contributed by atoms with Crippen LogP contribution in [0.1, 0.15) is 46.4 Å². The van der Waals surface area contributed by atoms with Gasteiger partial charge in [0.15, 0.2) is 0 Å². The van der Waals surface area contributed by atoms with Gasteiger partial charge in [-0.25, -0.2) is 4.68 Å². The predicted molar refractivity (Wildman–Crippen MR) is 120 cm³/mol. The third-order valence-electron chi connectivity index (χ3n) is 5.24. The number of amides is 2. The molecule has 0 spiro atoms. The number of carbonyl (C=O) groups is 2. The molecular weight excluding hydrogens is 444 g/mol. The number of halogens is 1. The van der Waals surface area contributed by atoms with Gasteiger partial charge in [0, 0.05) is 17.6 Å². The van der Waals surface area contributed by atoms with Gasteiger partial charge in [-0.3, -0.25) is 9.59 Å². The van der Waals surface area contributed by atoms with Gasteiger partial charge in [-0.2, -0.15) is 5.10 Å². The minimum atomic E-state index is -0.301. The maximum absolute atomic E-state index is 13.3. The van der Waals surface area contributed by atoms with Crippen molar-refractivity contribution in [3.8, 4) is 5.69 Å². The highest BCUT2D eigenvalue weighted by molar-refractivity contribution is 9.10. The smallest absolute Gasteiger partial charge is 0.259 e. The number of rotatable bonds is 4. The van der Waals surface area contributed by atoms with Gasteiger partial charge in [0.2, 0.25) is 0 Å². The molecule has 0 saturated carbocycles. The third kappa shape index (κ3) is 4.31. The molecule has 1 fully saturated rings. The summed E-state index contributed by atoms with van der Waals surface area (Å²) in [6, 6.07) is 16.7. The number of carbonyl (C=O) groups excluding carboxylic acids is 2. The van der Waals surface area contributed by atoms with E-state index in [1.165, 1.54) is 0 Å². The Balaban J connectivity index is 1.72. The highest BCUT2D eigenvalue weighted by Gasteiger charge is 2.26. The van der Waals surface area contributed by atoms with Gasteiger partial charge >= 0.3 is 0 Å². The number of para-hydroxylation sites is 1. The van der Waals surface area contributed by atoms with Gasteiger partial charge < -0.3 is 10.2 Å². The molecule has 7 heteroatoms. The molecule has 1 N–H and O–H groups in total. The van der Waals surface area contributed by atoms with Crippen LogP contribution in [-0.4, -0.2) is 39.6 Å². The topological polar surface area (TPSA) is 67.2 Å². The zero-order chi connectivity index (χ0) is 20.9. The molecule has 0 aliphatic carbocycles. The summed E-state index contributed by atoms with van der Waals surface area (Å²) in [5.74, 6) is -0.0113. The first-order valence-corrected chi connectivity index (χ1v) is 10.9. The number of aromatic nitrogens is 2. The van der Waals surface area contributed by atoms with Gasteiger partial charge in [-0.05, 0) is 53.0 Å². The second-order valence-corrected chi connectivity index (χ2v) is 8.15. The molecule has 2 heterocycles. The number of nitrogens with one attached hydrogen (secondary N) is 1. The maximum Gasteiger partial charge on any atom is 0.259 e. The Kier molecular flexibility index (Phi) is 6.28. The van der Waals surface area contributed by atoms with Crippen LogP contribution in [-0.2, 0) is 0 Å². The fraction of sp³-hybridized carbons (Fsp3) is 0.261. The lowest BCUT2D eigenvalue weighted by Gasteiger charge is -2.20. The summed E-state index contributed by atoms with van der Waals surface area (Å²) < 4.78 is 2.30. The highest BCUT2D eigenvalue weighted by Crippen LogP contribution is 2.25. The van der Waals surface area contributed by atoms with Crippen molar-refractivity contribution in [3.05, 3.63) is 76.4 Å². The van der Waals surface area contributed by atoms with Gasteiger partial charge in [-0.1, -0.05) is 43.2 Å². The number of benzene rings is 2. The van der Waals surface area contributed by atoms with Crippen LogP contribution in [0.5, 0.6) is 0 Å². The Morgan fingerprint density at radius 3 is 2.23 bits per heavy atom. The molecule has 1 aliphatic heterocycles. The summed E-state index contributed by atoms with van der Waals surface area (Å²) in [6.45, 7) is 1.46. The standard InChI is InChI=1S/C23H23BrN4O2/c24-20-13-7-6-12-18(20)22(29)26-21-19(23(30)27-14-8-1-2-9-15-27)16-25-28(21)17-10-4-3-5-11-17/h3-7,10-13,16H,1-2,8-9,14-15H2,(H,26,29). The molecule has 0 radical (unpaired) electrons. The molecule has 0 bridgehead atoms. The monoisotopic (exact) mass is 466 g/mol. The van der Waals surface area contributed by atoms with E-state index >= 15 is 0 Å². The first kappa shape index (κ1) is 20.3. The van der Waals surface area contributed by atoms with Crippen LogP contribution in [0.3, 0.4) is 0 Å². The van der Waals surface area contributed by atoms with Crippen molar-refractivity contribution in [2.24, 2.45) is 0 Å². The Morgan fingerprint density at radius 1 is 0.867 bits per heavy atom. The molecular formula is C23H23BrN4O2. The highest BCUT2D eigenvalue weighted by atomic mass is 79.9. The molecule has 30 heavy (non-hydrogen) atoms. The van der Waals surface area contributed by atoms with Crippen LogP contribution in [0.4, 0.5) is 5.82 Å². The van der Waals surface area contributed by atoms with Crippen LogP contribution in [0.15, 0.2) is 65.3 Å². The van der Waals surface area contributed by atoms with E-state index in [4.69, 9.17) is 0 Å². The number of hydrogen-bond acceptors (Lipinski definition) is 3. The molecule has 154 valence electrons. The number of likely N-dealkylation sites (tertiary alicyclic amines) is 1. The lowest BCUT2D eigenvalue weighted by Crippen LogP contribution is -2.32. The number of anilines is 1.